The first-order valence-electron chi connectivity index (χ1n) is 7.95. The second-order valence-corrected chi connectivity index (χ2v) is 6.98. The molecule has 0 aromatic heterocycles. The summed E-state index contributed by atoms with van der Waals surface area (Å²) in [6.07, 6.45) is 1.34. The summed E-state index contributed by atoms with van der Waals surface area (Å²) in [5.41, 5.74) is 10.4. The van der Waals surface area contributed by atoms with Gasteiger partial charge in [0.1, 0.15) is 0 Å². The molecular formula is C18H30N2. The number of benzene rings is 1. The normalized spacial score (nSPS) is 29.4. The number of nitrogens with zero attached hydrogens (tertiary/aromatic N) is 1. The molecule has 0 radical (unpaired) electrons. The summed E-state index contributed by atoms with van der Waals surface area (Å²) in [7, 11) is 0. The average molecular weight is 274 g/mol. The van der Waals surface area contributed by atoms with Crippen LogP contribution in [0, 0.1) is 25.7 Å². The predicted octanol–water partition coefficient (Wildman–Crippen LogP) is 3.67. The molecule has 1 aromatic rings. The van der Waals surface area contributed by atoms with Crippen molar-refractivity contribution in [3.63, 3.8) is 0 Å². The second kappa shape index (κ2) is 6.28. The highest BCUT2D eigenvalue weighted by molar-refractivity contribution is 5.33. The van der Waals surface area contributed by atoms with E-state index in [-0.39, 0.29) is 6.04 Å². The van der Waals surface area contributed by atoms with Crippen LogP contribution in [0.4, 0.5) is 0 Å². The minimum Gasteiger partial charge on any atom is -0.323 e. The van der Waals surface area contributed by atoms with Crippen LogP contribution in [0.3, 0.4) is 0 Å². The molecule has 0 saturated carbocycles. The Morgan fingerprint density at radius 1 is 1.25 bits per heavy atom. The molecule has 1 heterocycles. The van der Waals surface area contributed by atoms with Gasteiger partial charge in [0.15, 0.2) is 0 Å². The number of hydrogen-bond acceptors (Lipinski definition) is 2. The monoisotopic (exact) mass is 274 g/mol. The lowest BCUT2D eigenvalue weighted by molar-refractivity contribution is 0.0741. The van der Waals surface area contributed by atoms with E-state index in [1.165, 1.54) is 29.7 Å². The highest BCUT2D eigenvalue weighted by Crippen LogP contribution is 2.28. The average Bonchev–Trinajstić information content (AvgIpc) is 2.38. The first kappa shape index (κ1) is 15.5. The number of hydrogen-bond donors (Lipinski definition) is 1. The number of nitrogens with two attached hydrogens (primary N) is 1. The Kier molecular flexibility index (Phi) is 4.87. The van der Waals surface area contributed by atoms with Gasteiger partial charge >= 0.3 is 0 Å². The van der Waals surface area contributed by atoms with E-state index in [9.17, 15) is 0 Å². The summed E-state index contributed by atoms with van der Waals surface area (Å²) in [4.78, 5) is 2.59. The third kappa shape index (κ3) is 3.42. The molecule has 2 heteroatoms. The first-order chi connectivity index (χ1) is 9.38. The molecule has 0 bridgehead atoms. The van der Waals surface area contributed by atoms with E-state index in [0.717, 1.165) is 18.4 Å². The van der Waals surface area contributed by atoms with Gasteiger partial charge in [-0.25, -0.2) is 0 Å². The van der Waals surface area contributed by atoms with Crippen LogP contribution in [0.15, 0.2) is 18.2 Å². The molecule has 1 aliphatic heterocycles. The van der Waals surface area contributed by atoms with E-state index in [0.29, 0.717) is 6.04 Å². The maximum absolute atomic E-state index is 6.51. The van der Waals surface area contributed by atoms with Crippen molar-refractivity contribution in [2.45, 2.75) is 53.1 Å². The van der Waals surface area contributed by atoms with Crippen molar-refractivity contribution in [2.24, 2.45) is 17.6 Å². The van der Waals surface area contributed by atoms with Crippen molar-refractivity contribution >= 4 is 0 Å². The highest BCUT2D eigenvalue weighted by Gasteiger charge is 2.29. The van der Waals surface area contributed by atoms with Gasteiger partial charge < -0.3 is 5.73 Å². The molecule has 0 aliphatic carbocycles. The van der Waals surface area contributed by atoms with Gasteiger partial charge in [-0.05, 0) is 50.2 Å². The van der Waals surface area contributed by atoms with E-state index in [2.05, 4.69) is 57.7 Å². The zero-order valence-corrected chi connectivity index (χ0v) is 13.7. The fourth-order valence-corrected chi connectivity index (χ4v) is 3.58. The lowest BCUT2D eigenvalue weighted by Crippen LogP contribution is -2.48. The Bertz CT molecular complexity index is 455. The van der Waals surface area contributed by atoms with E-state index in [1.54, 1.807) is 0 Å². The molecular weight excluding hydrogens is 244 g/mol. The second-order valence-electron chi connectivity index (χ2n) is 6.98. The van der Waals surface area contributed by atoms with Crippen LogP contribution in [0.25, 0.3) is 0 Å². The Balaban J connectivity index is 2.10. The summed E-state index contributed by atoms with van der Waals surface area (Å²) < 4.78 is 0. The molecule has 4 atom stereocenters. The van der Waals surface area contributed by atoms with Crippen LogP contribution in [-0.2, 0) is 0 Å². The van der Waals surface area contributed by atoms with Crippen molar-refractivity contribution in [3.8, 4) is 0 Å². The molecule has 1 aromatic carbocycles. The number of aryl methyl sites for hydroxylation is 2. The minimum atomic E-state index is 0.120. The lowest BCUT2D eigenvalue weighted by atomic mass is 9.85. The third-order valence-corrected chi connectivity index (χ3v) is 4.99. The Morgan fingerprint density at radius 2 is 1.95 bits per heavy atom. The summed E-state index contributed by atoms with van der Waals surface area (Å²) in [5.74, 6) is 1.55. The van der Waals surface area contributed by atoms with Crippen LogP contribution >= 0.6 is 0 Å². The molecule has 1 saturated heterocycles. The summed E-state index contributed by atoms with van der Waals surface area (Å²) >= 11 is 0. The Hall–Kier alpha value is -0.860. The van der Waals surface area contributed by atoms with Gasteiger partial charge in [0.05, 0.1) is 0 Å². The molecule has 1 fully saturated rings. The summed E-state index contributed by atoms with van der Waals surface area (Å²) in [6.45, 7) is 13.6. The zero-order chi connectivity index (χ0) is 14.9. The SMILES string of the molecule is Cc1ccc(C)c(C(N)CN2CC(C)CC(C)C2C)c1. The van der Waals surface area contributed by atoms with Crippen molar-refractivity contribution in [1.82, 2.24) is 4.90 Å². The lowest BCUT2D eigenvalue weighted by Gasteiger charge is -2.42. The van der Waals surface area contributed by atoms with Gasteiger partial charge in [-0.1, -0.05) is 37.6 Å². The molecule has 2 nitrogen and oxygen atoms in total. The van der Waals surface area contributed by atoms with E-state index < -0.39 is 0 Å². The fourth-order valence-electron chi connectivity index (χ4n) is 3.58. The third-order valence-electron chi connectivity index (χ3n) is 4.99. The predicted molar refractivity (Wildman–Crippen MR) is 86.8 cm³/mol. The molecule has 4 unspecified atom stereocenters. The van der Waals surface area contributed by atoms with Gasteiger partial charge in [-0.2, -0.15) is 0 Å². The standard InChI is InChI=1S/C18H30N2/c1-12-6-7-14(3)17(9-12)18(19)11-20-10-13(2)8-15(4)16(20)5/h6-7,9,13,15-16,18H,8,10-11,19H2,1-5H3. The Labute approximate surface area is 124 Å². The van der Waals surface area contributed by atoms with E-state index in [1.807, 2.05) is 0 Å². The largest absolute Gasteiger partial charge is 0.323 e. The Morgan fingerprint density at radius 3 is 2.65 bits per heavy atom. The maximum atomic E-state index is 6.51. The topological polar surface area (TPSA) is 29.3 Å². The van der Waals surface area contributed by atoms with Crippen molar-refractivity contribution < 1.29 is 0 Å². The fraction of sp³-hybridized carbons (Fsp3) is 0.667. The number of likely N-dealkylation sites (tertiary alicyclic amines) is 1. The van der Waals surface area contributed by atoms with Crippen LogP contribution in [0.1, 0.15) is 49.9 Å². The van der Waals surface area contributed by atoms with Crippen LogP contribution in [0.5, 0.6) is 0 Å². The van der Waals surface area contributed by atoms with Crippen LogP contribution in [0.2, 0.25) is 0 Å². The zero-order valence-electron chi connectivity index (χ0n) is 13.7. The van der Waals surface area contributed by atoms with Crippen molar-refractivity contribution in [3.05, 3.63) is 34.9 Å². The quantitative estimate of drug-likeness (QED) is 0.911. The van der Waals surface area contributed by atoms with Gasteiger partial charge in [0.2, 0.25) is 0 Å². The van der Waals surface area contributed by atoms with Crippen molar-refractivity contribution in [1.29, 1.82) is 0 Å². The van der Waals surface area contributed by atoms with Crippen molar-refractivity contribution in [2.75, 3.05) is 13.1 Å². The van der Waals surface area contributed by atoms with E-state index in [4.69, 9.17) is 5.73 Å². The van der Waals surface area contributed by atoms with Crippen LogP contribution in [-0.4, -0.2) is 24.0 Å². The highest BCUT2D eigenvalue weighted by atomic mass is 15.2. The molecule has 20 heavy (non-hydrogen) atoms. The molecule has 2 N–H and O–H groups in total. The number of rotatable bonds is 3. The van der Waals surface area contributed by atoms with Crippen LogP contribution < -0.4 is 5.73 Å². The molecule has 0 spiro atoms. The van der Waals surface area contributed by atoms with Gasteiger partial charge in [0, 0.05) is 25.2 Å². The molecule has 1 aliphatic rings. The molecule has 112 valence electrons. The van der Waals surface area contributed by atoms with E-state index >= 15 is 0 Å². The minimum absolute atomic E-state index is 0.120. The van der Waals surface area contributed by atoms with Gasteiger partial charge in [-0.3, -0.25) is 4.90 Å². The number of piperidine rings is 1. The first-order valence-corrected chi connectivity index (χ1v) is 7.95. The van der Waals surface area contributed by atoms with Gasteiger partial charge in [0.25, 0.3) is 0 Å². The molecule has 0 amide bonds. The summed E-state index contributed by atoms with van der Waals surface area (Å²) in [6, 6.07) is 7.37. The van der Waals surface area contributed by atoms with Gasteiger partial charge in [-0.15, -0.1) is 0 Å². The summed E-state index contributed by atoms with van der Waals surface area (Å²) in [5, 5.41) is 0. The smallest absolute Gasteiger partial charge is 0.0427 e. The maximum Gasteiger partial charge on any atom is 0.0427 e. The molecule has 2 rings (SSSR count).